The molecule has 0 saturated heterocycles. The molecule has 4 aromatic rings. The first-order valence-corrected chi connectivity index (χ1v) is 13.5. The second-order valence-corrected chi connectivity index (χ2v) is 13.2. The van der Waals surface area contributed by atoms with Gasteiger partial charge in [-0.25, -0.2) is 0 Å². The van der Waals surface area contributed by atoms with E-state index in [1.165, 1.54) is 13.1 Å². The van der Waals surface area contributed by atoms with Gasteiger partial charge in [-0.2, -0.15) is 0 Å². The van der Waals surface area contributed by atoms with Gasteiger partial charge in [-0.15, -0.1) is 0 Å². The molecule has 0 N–H and O–H groups in total. The fraction of sp³-hybridized carbons (Fsp3) is 0. The van der Waals surface area contributed by atoms with Gasteiger partial charge in [-0.1, -0.05) is 0 Å². The van der Waals surface area contributed by atoms with E-state index < -0.39 is 24.4 Å². The van der Waals surface area contributed by atoms with Crippen LogP contribution in [0.15, 0.2) is 123 Å². The molecule has 0 amide bonds. The maximum atomic E-state index is 14.5. The van der Waals surface area contributed by atoms with Crippen molar-refractivity contribution in [1.82, 2.24) is 0 Å². The quantitative estimate of drug-likeness (QED) is 0.383. The molecule has 0 radical (unpaired) electrons. The standard InChI is InChI=1S/C24H18AsNOS/c27-28(26-20-13-5-2-6-14-20)23-17-9-7-15-21(23)25(19-11-3-1-4-12-19)22-16-8-10-18-24(22)28/h1-18H. The van der Waals surface area contributed by atoms with Crippen molar-refractivity contribution in [3.63, 3.8) is 0 Å². The molecule has 4 heteroatoms. The summed E-state index contributed by atoms with van der Waals surface area (Å²) in [5.41, 5.74) is 0.748. The second kappa shape index (κ2) is 7.09. The van der Waals surface area contributed by atoms with Crippen molar-refractivity contribution in [2.45, 2.75) is 9.79 Å². The van der Waals surface area contributed by atoms with Gasteiger partial charge < -0.3 is 0 Å². The molecule has 1 aliphatic heterocycles. The molecular weight excluding hydrogens is 425 g/mol. The monoisotopic (exact) mass is 443 g/mol. The van der Waals surface area contributed by atoms with Crippen molar-refractivity contribution >= 4 is 43.1 Å². The van der Waals surface area contributed by atoms with Gasteiger partial charge in [-0.3, -0.25) is 0 Å². The third kappa shape index (κ3) is 2.83. The topological polar surface area (TPSA) is 29.4 Å². The normalized spacial score (nSPS) is 20.1. The Labute approximate surface area is 170 Å². The van der Waals surface area contributed by atoms with Crippen LogP contribution in [0.2, 0.25) is 0 Å². The van der Waals surface area contributed by atoms with Gasteiger partial charge in [0.15, 0.2) is 0 Å². The second-order valence-electron chi connectivity index (χ2n) is 6.56. The van der Waals surface area contributed by atoms with Crippen LogP contribution in [0.1, 0.15) is 0 Å². The summed E-state index contributed by atoms with van der Waals surface area (Å²) in [6.45, 7) is 0. The van der Waals surface area contributed by atoms with Gasteiger partial charge in [0, 0.05) is 0 Å². The Morgan fingerprint density at radius 2 is 1.04 bits per heavy atom. The van der Waals surface area contributed by atoms with Crippen LogP contribution < -0.4 is 13.1 Å². The van der Waals surface area contributed by atoms with Crippen LogP contribution in [0.4, 0.5) is 5.69 Å². The number of benzene rings is 4. The fourth-order valence-electron chi connectivity index (χ4n) is 3.59. The zero-order valence-corrected chi connectivity index (χ0v) is 17.8. The first-order valence-electron chi connectivity index (χ1n) is 9.13. The van der Waals surface area contributed by atoms with E-state index in [9.17, 15) is 4.21 Å². The molecular formula is C24H18AsNOS. The molecule has 1 aliphatic rings. The molecule has 0 bridgehead atoms. The predicted octanol–water partition coefficient (Wildman–Crippen LogP) is 3.73. The van der Waals surface area contributed by atoms with Gasteiger partial charge in [0.1, 0.15) is 0 Å². The average molecular weight is 443 g/mol. The Morgan fingerprint density at radius 3 is 1.61 bits per heavy atom. The third-order valence-corrected chi connectivity index (χ3v) is 13.2. The Morgan fingerprint density at radius 1 is 0.571 bits per heavy atom. The summed E-state index contributed by atoms with van der Waals surface area (Å²) in [5.74, 6) is 0. The fourth-order valence-corrected chi connectivity index (χ4v) is 13.1. The van der Waals surface area contributed by atoms with Crippen molar-refractivity contribution in [1.29, 1.82) is 0 Å². The van der Waals surface area contributed by atoms with E-state index in [0.29, 0.717) is 0 Å². The molecule has 1 heterocycles. The average Bonchev–Trinajstić information content (AvgIpc) is 2.76. The predicted molar refractivity (Wildman–Crippen MR) is 117 cm³/mol. The number of fused-ring (bicyclic) bond motifs is 2. The molecule has 2 nitrogen and oxygen atoms in total. The third-order valence-electron chi connectivity index (χ3n) is 4.81. The van der Waals surface area contributed by atoms with Crippen LogP contribution in [-0.4, -0.2) is 18.9 Å². The maximum absolute atomic E-state index is 14.5. The molecule has 5 rings (SSSR count). The van der Waals surface area contributed by atoms with E-state index in [4.69, 9.17) is 4.36 Å². The van der Waals surface area contributed by atoms with Crippen molar-refractivity contribution < 1.29 is 4.21 Å². The molecule has 0 saturated carbocycles. The molecule has 0 unspecified atom stereocenters. The van der Waals surface area contributed by atoms with Crippen LogP contribution in [0.3, 0.4) is 0 Å². The van der Waals surface area contributed by atoms with Crippen LogP contribution in [-0.2, 0) is 9.73 Å². The Hall–Kier alpha value is -2.61. The summed E-state index contributed by atoms with van der Waals surface area (Å²) in [5, 5.41) is 0. The number of hydrogen-bond donors (Lipinski definition) is 0. The van der Waals surface area contributed by atoms with Crippen LogP contribution in [0.25, 0.3) is 0 Å². The van der Waals surface area contributed by atoms with E-state index in [1.807, 2.05) is 60.7 Å². The zero-order valence-electron chi connectivity index (χ0n) is 15.1. The van der Waals surface area contributed by atoms with Crippen LogP contribution in [0, 0.1) is 0 Å². The van der Waals surface area contributed by atoms with Crippen molar-refractivity contribution in [2.24, 2.45) is 4.36 Å². The number of nitrogens with zero attached hydrogens (tertiary/aromatic N) is 1. The van der Waals surface area contributed by atoms with E-state index in [0.717, 1.165) is 15.5 Å². The van der Waals surface area contributed by atoms with Gasteiger partial charge in [0.2, 0.25) is 0 Å². The van der Waals surface area contributed by atoms with Crippen molar-refractivity contribution in [3.8, 4) is 0 Å². The Bertz CT molecular complexity index is 1210. The Kier molecular flexibility index (Phi) is 4.43. The van der Waals surface area contributed by atoms with Crippen molar-refractivity contribution in [2.75, 3.05) is 0 Å². The van der Waals surface area contributed by atoms with Gasteiger partial charge >= 0.3 is 171 Å². The minimum atomic E-state index is -2.74. The zero-order chi connectivity index (χ0) is 19.0. The summed E-state index contributed by atoms with van der Waals surface area (Å²) in [7, 11) is -2.74. The SMILES string of the molecule is O=S1(=Nc2ccccc2)c2ccccc2[As](c2ccccc2)c2ccccc21. The van der Waals surface area contributed by atoms with Crippen LogP contribution >= 0.6 is 0 Å². The van der Waals surface area contributed by atoms with E-state index in [1.54, 1.807) is 0 Å². The molecule has 4 aromatic carbocycles. The van der Waals surface area contributed by atoms with Crippen molar-refractivity contribution in [3.05, 3.63) is 109 Å². The molecule has 28 heavy (non-hydrogen) atoms. The van der Waals surface area contributed by atoms with Crippen LogP contribution in [0.5, 0.6) is 0 Å². The van der Waals surface area contributed by atoms with Gasteiger partial charge in [0.25, 0.3) is 0 Å². The Balaban J connectivity index is 1.86. The summed E-state index contributed by atoms with van der Waals surface area (Å²) < 4.78 is 23.0. The first-order chi connectivity index (χ1) is 13.8. The van der Waals surface area contributed by atoms with Gasteiger partial charge in [0.05, 0.1) is 0 Å². The van der Waals surface area contributed by atoms with E-state index >= 15 is 0 Å². The number of hydrogen-bond acceptors (Lipinski definition) is 2. The minimum absolute atomic E-state index is 0.748. The van der Waals surface area contributed by atoms with E-state index in [-0.39, 0.29) is 0 Å². The summed E-state index contributed by atoms with van der Waals surface area (Å²) in [6, 6.07) is 36.7. The first kappa shape index (κ1) is 17.5. The molecule has 0 atom stereocenters. The molecule has 136 valence electrons. The molecule has 0 fully saturated rings. The molecule has 0 spiro atoms. The summed E-state index contributed by atoms with van der Waals surface area (Å²) >= 11 is -1.80. The van der Waals surface area contributed by atoms with Gasteiger partial charge in [-0.05, 0) is 0 Å². The molecule has 0 aliphatic carbocycles. The number of rotatable bonds is 2. The molecule has 0 aromatic heterocycles. The van der Waals surface area contributed by atoms with E-state index in [2.05, 4.69) is 48.5 Å². The summed E-state index contributed by atoms with van der Waals surface area (Å²) in [4.78, 5) is 1.75. The summed E-state index contributed by atoms with van der Waals surface area (Å²) in [6.07, 6.45) is 0.